The molecule has 2 saturated heterocycles. The number of hydrogen-bond donors (Lipinski definition) is 0. The molecule has 0 amide bonds. The second-order valence-electron chi connectivity index (χ2n) is 16.7. The van der Waals surface area contributed by atoms with E-state index < -0.39 is 0 Å². The lowest BCUT2D eigenvalue weighted by atomic mass is 9.63. The van der Waals surface area contributed by atoms with Crippen molar-refractivity contribution in [3.63, 3.8) is 0 Å². The lowest BCUT2D eigenvalue weighted by Crippen LogP contribution is -2.58. The number of allylic oxidation sites excluding steroid dienone is 3. The van der Waals surface area contributed by atoms with Crippen LogP contribution in [0.1, 0.15) is 58.7 Å². The summed E-state index contributed by atoms with van der Waals surface area (Å²) in [6.07, 6.45) is 11.2. The first kappa shape index (κ1) is 35.1. The number of benzene rings is 5. The molecule has 58 heavy (non-hydrogen) atoms. The van der Waals surface area contributed by atoms with E-state index in [4.69, 9.17) is 19.7 Å². The van der Waals surface area contributed by atoms with Gasteiger partial charge in [0.2, 0.25) is 11.9 Å². The SMILES string of the molecule is CCOC(C)/C(=C\C=C(/C)c1nc(-n2c3ccccc3c3ccccc32)nc(-n2c3ccccc3c3cc(-c4ccccc4)ccc32)n1)N1C2CC3CC(C2)CC1C3. The molecular formula is C51H48N6O. The number of hydrogen-bond acceptors (Lipinski definition) is 5. The Bertz CT molecular complexity index is 2840. The first-order chi connectivity index (χ1) is 28.5. The highest BCUT2D eigenvalue weighted by molar-refractivity contribution is 6.11. The Morgan fingerprint density at radius 3 is 1.69 bits per heavy atom. The molecule has 2 aliphatic carbocycles. The lowest BCUT2D eigenvalue weighted by Gasteiger charge is -2.58. The van der Waals surface area contributed by atoms with Gasteiger partial charge in [0.25, 0.3) is 0 Å². The Kier molecular flexibility index (Phi) is 8.54. The van der Waals surface area contributed by atoms with Crippen LogP contribution in [-0.4, -0.2) is 53.8 Å². The van der Waals surface area contributed by atoms with Gasteiger partial charge in [0, 0.05) is 45.9 Å². The molecule has 7 heteroatoms. The van der Waals surface area contributed by atoms with E-state index >= 15 is 0 Å². The molecule has 0 N–H and O–H groups in total. The van der Waals surface area contributed by atoms with E-state index in [2.05, 4.69) is 168 Å². The minimum absolute atomic E-state index is 0.00737. The van der Waals surface area contributed by atoms with Gasteiger partial charge in [-0.3, -0.25) is 9.13 Å². The Morgan fingerprint density at radius 2 is 1.12 bits per heavy atom. The molecule has 3 aromatic heterocycles. The van der Waals surface area contributed by atoms with Crippen LogP contribution in [0.15, 0.2) is 139 Å². The smallest absolute Gasteiger partial charge is 0.240 e. The molecule has 1 unspecified atom stereocenters. The van der Waals surface area contributed by atoms with Gasteiger partial charge in [0.15, 0.2) is 5.82 Å². The summed E-state index contributed by atoms with van der Waals surface area (Å²) in [4.78, 5) is 18.8. The number of ether oxygens (including phenoxy) is 1. The highest BCUT2D eigenvalue weighted by Gasteiger charge is 2.48. The van der Waals surface area contributed by atoms with Crippen LogP contribution in [-0.2, 0) is 4.74 Å². The van der Waals surface area contributed by atoms with E-state index in [1.165, 1.54) is 59.7 Å². The Labute approximate surface area is 339 Å². The number of nitrogens with zero attached hydrogens (tertiary/aromatic N) is 6. The van der Waals surface area contributed by atoms with Gasteiger partial charge < -0.3 is 9.64 Å². The van der Waals surface area contributed by atoms with Crippen molar-refractivity contribution in [2.45, 2.75) is 71.1 Å². The van der Waals surface area contributed by atoms with E-state index in [9.17, 15) is 0 Å². The molecule has 7 nitrogen and oxygen atoms in total. The molecule has 288 valence electrons. The predicted octanol–water partition coefficient (Wildman–Crippen LogP) is 11.7. The summed E-state index contributed by atoms with van der Waals surface area (Å²) >= 11 is 0. The van der Waals surface area contributed by atoms with E-state index in [1.54, 1.807) is 0 Å². The Hall–Kier alpha value is -6.05. The van der Waals surface area contributed by atoms with Crippen LogP contribution in [0.4, 0.5) is 0 Å². The van der Waals surface area contributed by atoms with Crippen molar-refractivity contribution >= 4 is 49.2 Å². The average molecular weight is 761 g/mol. The van der Waals surface area contributed by atoms with Crippen molar-refractivity contribution in [1.82, 2.24) is 29.0 Å². The molecular weight excluding hydrogens is 713 g/mol. The Morgan fingerprint density at radius 1 is 0.603 bits per heavy atom. The molecule has 5 heterocycles. The van der Waals surface area contributed by atoms with Gasteiger partial charge in [-0.1, -0.05) is 97.1 Å². The van der Waals surface area contributed by atoms with Crippen LogP contribution in [0.3, 0.4) is 0 Å². The van der Waals surface area contributed by atoms with Crippen LogP contribution in [0, 0.1) is 11.8 Å². The zero-order valence-corrected chi connectivity index (χ0v) is 33.4. The molecule has 0 spiro atoms. The van der Waals surface area contributed by atoms with Gasteiger partial charge in [0.1, 0.15) is 0 Å². The van der Waals surface area contributed by atoms with Crippen molar-refractivity contribution in [2.24, 2.45) is 11.8 Å². The highest BCUT2D eigenvalue weighted by atomic mass is 16.5. The summed E-state index contributed by atoms with van der Waals surface area (Å²) in [5.41, 5.74) is 8.85. The maximum Gasteiger partial charge on any atom is 0.240 e. The molecule has 5 aromatic carbocycles. The average Bonchev–Trinajstić information content (AvgIpc) is 3.77. The first-order valence-electron chi connectivity index (χ1n) is 21.1. The van der Waals surface area contributed by atoms with Gasteiger partial charge in [-0.05, 0) is 118 Å². The van der Waals surface area contributed by atoms with Crippen molar-refractivity contribution in [3.05, 3.63) is 145 Å². The lowest BCUT2D eigenvalue weighted by molar-refractivity contribution is -0.0548. The van der Waals surface area contributed by atoms with Crippen molar-refractivity contribution < 1.29 is 4.74 Å². The minimum atomic E-state index is -0.00737. The zero-order chi connectivity index (χ0) is 38.9. The van der Waals surface area contributed by atoms with Gasteiger partial charge in [-0.15, -0.1) is 0 Å². The third-order valence-electron chi connectivity index (χ3n) is 13.2. The van der Waals surface area contributed by atoms with Gasteiger partial charge in [-0.2, -0.15) is 15.0 Å². The molecule has 2 aliphatic heterocycles. The zero-order valence-electron chi connectivity index (χ0n) is 33.4. The molecule has 1 atom stereocenters. The minimum Gasteiger partial charge on any atom is -0.373 e. The van der Waals surface area contributed by atoms with Crippen LogP contribution < -0.4 is 0 Å². The summed E-state index contributed by atoms with van der Waals surface area (Å²) in [5, 5.41) is 4.65. The second kappa shape index (κ2) is 14.1. The molecule has 2 saturated carbocycles. The van der Waals surface area contributed by atoms with Crippen LogP contribution in [0.5, 0.6) is 0 Å². The summed E-state index contributed by atoms with van der Waals surface area (Å²) in [5.74, 6) is 3.59. The van der Waals surface area contributed by atoms with Crippen molar-refractivity contribution in [3.8, 4) is 23.0 Å². The quantitative estimate of drug-likeness (QED) is 0.137. The normalized spacial score (nSPS) is 21.3. The number of para-hydroxylation sites is 3. The number of piperidine rings is 2. The van der Waals surface area contributed by atoms with E-state index in [1.807, 2.05) is 0 Å². The molecule has 4 fully saturated rings. The largest absolute Gasteiger partial charge is 0.373 e. The van der Waals surface area contributed by atoms with E-state index in [0.29, 0.717) is 36.4 Å². The number of fused-ring (bicyclic) bond motifs is 6. The summed E-state index contributed by atoms with van der Waals surface area (Å²) in [7, 11) is 0. The predicted molar refractivity (Wildman–Crippen MR) is 236 cm³/mol. The third kappa shape index (κ3) is 5.78. The van der Waals surface area contributed by atoms with Crippen molar-refractivity contribution in [2.75, 3.05) is 6.61 Å². The van der Waals surface area contributed by atoms with Crippen LogP contribution in [0.2, 0.25) is 0 Å². The maximum absolute atomic E-state index is 6.35. The first-order valence-corrected chi connectivity index (χ1v) is 21.1. The summed E-state index contributed by atoms with van der Waals surface area (Å²) < 4.78 is 10.8. The van der Waals surface area contributed by atoms with Crippen molar-refractivity contribution in [1.29, 1.82) is 0 Å². The Balaban J connectivity index is 1.12. The van der Waals surface area contributed by atoms with Gasteiger partial charge >= 0.3 is 0 Å². The number of rotatable bonds is 9. The summed E-state index contributed by atoms with van der Waals surface area (Å²) in [6.45, 7) is 7.14. The molecule has 4 bridgehead atoms. The standard InChI is InChI=1S/C51H48N6O/c1-4-58-33(3)44(55-38-27-34-26-35(29-38)30-39(55)28-34)24-22-32(2)49-52-50(56-45-19-11-8-16-40(45)41-17-9-12-20-46(41)56)54-51(53-49)57-47-21-13-10-18-42(47)43-31-37(23-25-48(43)57)36-14-6-5-7-15-36/h5-25,31,33-35,38-39H,4,26-30H2,1-3H3/b32-22+,44-24+. The fourth-order valence-electron chi connectivity index (χ4n) is 10.9. The molecule has 0 radical (unpaired) electrons. The third-order valence-corrected chi connectivity index (χ3v) is 13.2. The maximum atomic E-state index is 6.35. The molecule has 12 rings (SSSR count). The van der Waals surface area contributed by atoms with Crippen LogP contribution in [0.25, 0.3) is 72.2 Å². The second-order valence-corrected chi connectivity index (χ2v) is 16.7. The molecule has 4 aliphatic rings. The van der Waals surface area contributed by atoms with Crippen LogP contribution >= 0.6 is 0 Å². The number of aromatic nitrogens is 5. The summed E-state index contributed by atoms with van der Waals surface area (Å²) in [6, 6.07) is 44.2. The fraction of sp³-hybridized carbons (Fsp3) is 0.275. The molecule has 8 aromatic rings. The topological polar surface area (TPSA) is 61.0 Å². The van der Waals surface area contributed by atoms with E-state index in [0.717, 1.165) is 50.2 Å². The fourth-order valence-corrected chi connectivity index (χ4v) is 10.9. The highest BCUT2D eigenvalue weighted by Crippen LogP contribution is 2.51. The van der Waals surface area contributed by atoms with E-state index in [-0.39, 0.29) is 6.10 Å². The monoisotopic (exact) mass is 760 g/mol. The van der Waals surface area contributed by atoms with Gasteiger partial charge in [-0.25, -0.2) is 0 Å². The van der Waals surface area contributed by atoms with Gasteiger partial charge in [0.05, 0.1) is 28.2 Å².